The van der Waals surface area contributed by atoms with Crippen LogP contribution in [0.4, 0.5) is 0 Å². The molecule has 0 aliphatic heterocycles. The molecule has 0 bridgehead atoms. The van der Waals surface area contributed by atoms with Crippen LogP contribution in [-0.4, -0.2) is 14.1 Å². The molecule has 0 saturated carbocycles. The highest BCUT2D eigenvalue weighted by molar-refractivity contribution is 7.25. The van der Waals surface area contributed by atoms with Gasteiger partial charge in [0.15, 0.2) is 0 Å². The second-order valence-electron chi connectivity index (χ2n) is 13.2. The van der Waals surface area contributed by atoms with E-state index < -0.39 is 0 Å². The summed E-state index contributed by atoms with van der Waals surface area (Å²) >= 11 is 1.82. The van der Waals surface area contributed by atoms with Gasteiger partial charge < -0.3 is 9.13 Å². The number of pyridine rings is 1. The molecule has 0 aliphatic carbocycles. The first-order valence-corrected chi connectivity index (χ1v) is 18.1. The van der Waals surface area contributed by atoms with Crippen molar-refractivity contribution in [1.82, 2.24) is 14.1 Å². The highest BCUT2D eigenvalue weighted by Crippen LogP contribution is 2.40. The van der Waals surface area contributed by atoms with Crippen molar-refractivity contribution < 1.29 is 0 Å². The fourth-order valence-electron chi connectivity index (χ4n) is 8.06. The van der Waals surface area contributed by atoms with Crippen molar-refractivity contribution in [2.45, 2.75) is 0 Å². The van der Waals surface area contributed by atoms with Crippen LogP contribution in [-0.2, 0) is 0 Å². The molecule has 0 unspecified atom stereocenters. The number of fused-ring (bicyclic) bond motifs is 9. The van der Waals surface area contributed by atoms with E-state index in [0.29, 0.717) is 0 Å². The first kappa shape index (κ1) is 28.4. The van der Waals surface area contributed by atoms with Gasteiger partial charge in [-0.3, -0.25) is 4.98 Å². The molecule has 0 fully saturated rings. The van der Waals surface area contributed by atoms with Gasteiger partial charge in [0.2, 0.25) is 0 Å². The van der Waals surface area contributed by atoms with Gasteiger partial charge in [-0.15, -0.1) is 11.3 Å². The summed E-state index contributed by atoms with van der Waals surface area (Å²) in [4.78, 5) is 4.43. The summed E-state index contributed by atoms with van der Waals surface area (Å²) in [5, 5.41) is 7.49. The Balaban J connectivity index is 1.04. The van der Waals surface area contributed by atoms with Gasteiger partial charge in [0, 0.05) is 65.5 Å². The van der Waals surface area contributed by atoms with Crippen LogP contribution in [0.3, 0.4) is 0 Å². The maximum absolute atomic E-state index is 4.43. The van der Waals surface area contributed by atoms with Crippen LogP contribution in [0.15, 0.2) is 176 Å². The van der Waals surface area contributed by atoms with Crippen molar-refractivity contribution >= 4 is 75.1 Å². The molecule has 0 N–H and O–H groups in total. The van der Waals surface area contributed by atoms with E-state index in [9.17, 15) is 0 Å². The molecule has 11 aromatic rings. The number of rotatable bonds is 4. The monoisotopic (exact) mass is 667 g/mol. The Morgan fingerprint density at radius 3 is 1.61 bits per heavy atom. The molecule has 3 nitrogen and oxygen atoms in total. The molecule has 0 atom stereocenters. The number of benzene rings is 7. The third-order valence-electron chi connectivity index (χ3n) is 10.4. The Morgan fingerprint density at radius 2 is 0.922 bits per heavy atom. The zero-order valence-electron chi connectivity index (χ0n) is 27.5. The van der Waals surface area contributed by atoms with Crippen LogP contribution in [0.1, 0.15) is 0 Å². The molecule has 0 spiro atoms. The molecule has 0 amide bonds. The SMILES string of the molecule is c1ccc(-n2c3ccccc3c3cc(-c4cccc(-c5ccc6c(c5)c5ccccc5n6-c5ccc6sc7ccncc7c6c5)c4)ccc32)cc1. The van der Waals surface area contributed by atoms with Crippen LogP contribution < -0.4 is 0 Å². The minimum absolute atomic E-state index is 1.16. The van der Waals surface area contributed by atoms with Gasteiger partial charge in [-0.05, 0) is 101 Å². The number of hydrogen-bond acceptors (Lipinski definition) is 2. The Labute approximate surface area is 297 Å². The normalized spacial score (nSPS) is 11.9. The number of nitrogens with zero attached hydrogens (tertiary/aromatic N) is 3. The Morgan fingerprint density at radius 1 is 0.353 bits per heavy atom. The maximum Gasteiger partial charge on any atom is 0.0541 e. The quantitative estimate of drug-likeness (QED) is 0.183. The summed E-state index contributed by atoms with van der Waals surface area (Å²) in [7, 11) is 0. The van der Waals surface area contributed by atoms with Gasteiger partial charge in [0.05, 0.1) is 22.1 Å². The molecule has 0 radical (unpaired) electrons. The van der Waals surface area contributed by atoms with E-state index in [1.165, 1.54) is 91.7 Å². The van der Waals surface area contributed by atoms with E-state index in [0.717, 1.165) is 5.69 Å². The molecular formula is C47H29N3S. The van der Waals surface area contributed by atoms with E-state index in [1.807, 2.05) is 23.7 Å². The van der Waals surface area contributed by atoms with E-state index in [4.69, 9.17) is 0 Å². The zero-order valence-corrected chi connectivity index (χ0v) is 28.3. The molecule has 7 aromatic carbocycles. The second kappa shape index (κ2) is 11.0. The minimum Gasteiger partial charge on any atom is -0.309 e. The predicted octanol–water partition coefficient (Wildman–Crippen LogP) is 13.0. The van der Waals surface area contributed by atoms with Gasteiger partial charge in [0.1, 0.15) is 0 Å². The van der Waals surface area contributed by atoms with E-state index >= 15 is 0 Å². The number of thiophene rings is 1. The highest BCUT2D eigenvalue weighted by atomic mass is 32.1. The number of hydrogen-bond donors (Lipinski definition) is 0. The predicted molar refractivity (Wildman–Crippen MR) is 217 cm³/mol. The lowest BCUT2D eigenvalue weighted by Crippen LogP contribution is -1.93. The van der Waals surface area contributed by atoms with Crippen molar-refractivity contribution in [2.24, 2.45) is 0 Å². The Kier molecular flexibility index (Phi) is 6.12. The van der Waals surface area contributed by atoms with E-state index in [-0.39, 0.29) is 0 Å². The zero-order chi connectivity index (χ0) is 33.5. The summed E-state index contributed by atoms with van der Waals surface area (Å²) in [6.07, 6.45) is 3.87. The van der Waals surface area contributed by atoms with Crippen molar-refractivity contribution in [3.8, 4) is 33.6 Å². The van der Waals surface area contributed by atoms with Crippen molar-refractivity contribution in [1.29, 1.82) is 0 Å². The number of para-hydroxylation sites is 3. The largest absolute Gasteiger partial charge is 0.309 e. The maximum atomic E-state index is 4.43. The molecule has 4 aromatic heterocycles. The molecule has 4 heteroatoms. The first-order valence-electron chi connectivity index (χ1n) is 17.3. The fraction of sp³-hybridized carbons (Fsp3) is 0. The summed E-state index contributed by atoms with van der Waals surface area (Å²) in [5.74, 6) is 0. The molecule has 0 saturated heterocycles. The lowest BCUT2D eigenvalue weighted by Gasteiger charge is -2.10. The molecule has 11 rings (SSSR count). The van der Waals surface area contributed by atoms with Crippen LogP contribution in [0.25, 0.3) is 97.4 Å². The Bertz CT molecular complexity index is 3140. The average molecular weight is 668 g/mol. The molecule has 238 valence electrons. The van der Waals surface area contributed by atoms with Crippen LogP contribution in [0, 0.1) is 0 Å². The van der Waals surface area contributed by atoms with Crippen LogP contribution >= 0.6 is 11.3 Å². The van der Waals surface area contributed by atoms with Gasteiger partial charge in [-0.1, -0.05) is 84.9 Å². The molecular weight excluding hydrogens is 639 g/mol. The lowest BCUT2D eigenvalue weighted by molar-refractivity contribution is 1.18. The summed E-state index contributed by atoms with van der Waals surface area (Å²) in [6.45, 7) is 0. The van der Waals surface area contributed by atoms with Crippen LogP contribution in [0.5, 0.6) is 0 Å². The average Bonchev–Trinajstić information content (AvgIpc) is 3.85. The first-order chi connectivity index (χ1) is 25.3. The van der Waals surface area contributed by atoms with Gasteiger partial charge in [0.25, 0.3) is 0 Å². The van der Waals surface area contributed by atoms with Crippen molar-refractivity contribution in [2.75, 3.05) is 0 Å². The van der Waals surface area contributed by atoms with Crippen molar-refractivity contribution in [3.05, 3.63) is 176 Å². The third kappa shape index (κ3) is 4.33. The fourth-order valence-corrected chi connectivity index (χ4v) is 9.12. The Hall–Kier alpha value is -6.49. The summed E-state index contributed by atoms with van der Waals surface area (Å²) in [6, 6.07) is 59.9. The standard InChI is InChI=1S/C47H29N3S/c1-2-11-34(12-3-1)49-42-15-6-4-13-36(42)38-26-32(17-20-44(38)49)30-9-8-10-31(25-30)33-18-21-45-39(27-33)37-14-5-7-16-43(37)50(45)35-19-22-46-40(28-35)41-29-48-24-23-47(41)51-46/h1-29H. The summed E-state index contributed by atoms with van der Waals surface area (Å²) < 4.78 is 7.33. The van der Waals surface area contributed by atoms with Crippen LogP contribution in [0.2, 0.25) is 0 Å². The molecule has 4 heterocycles. The van der Waals surface area contributed by atoms with E-state index in [1.54, 1.807) is 0 Å². The lowest BCUT2D eigenvalue weighted by atomic mass is 9.97. The van der Waals surface area contributed by atoms with Gasteiger partial charge >= 0.3 is 0 Å². The van der Waals surface area contributed by atoms with Gasteiger partial charge in [-0.2, -0.15) is 0 Å². The smallest absolute Gasteiger partial charge is 0.0541 e. The van der Waals surface area contributed by atoms with Crippen molar-refractivity contribution in [3.63, 3.8) is 0 Å². The van der Waals surface area contributed by atoms with Gasteiger partial charge in [-0.25, -0.2) is 0 Å². The molecule has 51 heavy (non-hydrogen) atoms. The molecule has 0 aliphatic rings. The summed E-state index contributed by atoms with van der Waals surface area (Å²) in [5.41, 5.74) is 12.0. The highest BCUT2D eigenvalue weighted by Gasteiger charge is 2.16. The topological polar surface area (TPSA) is 22.8 Å². The van der Waals surface area contributed by atoms with E-state index in [2.05, 4.69) is 178 Å². The second-order valence-corrected chi connectivity index (χ2v) is 14.3. The minimum atomic E-state index is 1.16. The number of aromatic nitrogens is 3. The third-order valence-corrected chi connectivity index (χ3v) is 11.6.